The number of amides is 1. The molecule has 0 spiro atoms. The Morgan fingerprint density at radius 3 is 2.79 bits per heavy atom. The van der Waals surface area contributed by atoms with Crippen molar-refractivity contribution in [3.63, 3.8) is 0 Å². The summed E-state index contributed by atoms with van der Waals surface area (Å²) in [5.41, 5.74) is -0.559. The molecule has 0 aliphatic carbocycles. The summed E-state index contributed by atoms with van der Waals surface area (Å²) >= 11 is 0. The molecule has 1 N–H and O–H groups in total. The van der Waals surface area contributed by atoms with Gasteiger partial charge in [-0.2, -0.15) is 18.3 Å². The number of halogens is 3. The topological polar surface area (TPSA) is 68.6 Å². The molecule has 10 heteroatoms. The van der Waals surface area contributed by atoms with E-state index < -0.39 is 11.7 Å². The van der Waals surface area contributed by atoms with Crippen molar-refractivity contribution < 1.29 is 27.4 Å². The van der Waals surface area contributed by atoms with Crippen LogP contribution in [-0.4, -0.2) is 60.0 Å². The van der Waals surface area contributed by atoms with Gasteiger partial charge in [-0.15, -0.1) is 0 Å². The summed E-state index contributed by atoms with van der Waals surface area (Å²) in [6, 6.07) is 6.14. The molecule has 29 heavy (non-hydrogen) atoms. The van der Waals surface area contributed by atoms with Gasteiger partial charge in [-0.05, 0) is 37.2 Å². The van der Waals surface area contributed by atoms with Crippen molar-refractivity contribution in [2.75, 3.05) is 39.4 Å². The van der Waals surface area contributed by atoms with Crippen LogP contribution in [0, 0.1) is 0 Å². The average molecular weight is 412 g/mol. The van der Waals surface area contributed by atoms with Crippen molar-refractivity contribution in [3.05, 3.63) is 47.8 Å². The van der Waals surface area contributed by atoms with Crippen LogP contribution in [0.25, 0.3) is 0 Å². The van der Waals surface area contributed by atoms with Gasteiger partial charge in [0.25, 0.3) is 5.91 Å². The summed E-state index contributed by atoms with van der Waals surface area (Å²) in [6.45, 7) is 4.62. The third-order valence-corrected chi connectivity index (χ3v) is 4.44. The molecule has 1 aliphatic heterocycles. The Labute approximate surface area is 166 Å². The minimum Gasteiger partial charge on any atom is -0.471 e. The van der Waals surface area contributed by atoms with E-state index in [-0.39, 0.29) is 24.1 Å². The molecule has 3 rings (SSSR count). The molecule has 1 aliphatic rings. The fourth-order valence-corrected chi connectivity index (χ4v) is 2.88. The average Bonchev–Trinajstić information content (AvgIpc) is 3.19. The molecule has 0 saturated carbocycles. The van der Waals surface area contributed by atoms with Gasteiger partial charge < -0.3 is 14.8 Å². The Hall–Kier alpha value is -2.59. The van der Waals surface area contributed by atoms with Gasteiger partial charge in [0.1, 0.15) is 11.4 Å². The molecule has 0 bridgehead atoms. The van der Waals surface area contributed by atoms with Gasteiger partial charge in [0.15, 0.2) is 6.73 Å². The number of morpholine rings is 1. The molecule has 7 nitrogen and oxygen atoms in total. The molecule has 158 valence electrons. The van der Waals surface area contributed by atoms with E-state index in [4.69, 9.17) is 9.47 Å². The van der Waals surface area contributed by atoms with Gasteiger partial charge in [-0.25, -0.2) is 4.68 Å². The number of aromatic nitrogens is 2. The predicted octanol–water partition coefficient (Wildman–Crippen LogP) is 2.39. The van der Waals surface area contributed by atoms with E-state index in [0.717, 1.165) is 51.4 Å². The van der Waals surface area contributed by atoms with Crippen LogP contribution in [0.4, 0.5) is 13.2 Å². The fraction of sp³-hybridized carbons (Fsp3) is 0.474. The van der Waals surface area contributed by atoms with Gasteiger partial charge in [-0.3, -0.25) is 9.69 Å². The Kier molecular flexibility index (Phi) is 7.10. The monoisotopic (exact) mass is 412 g/mol. The second-order valence-corrected chi connectivity index (χ2v) is 6.60. The Morgan fingerprint density at radius 2 is 2.03 bits per heavy atom. The summed E-state index contributed by atoms with van der Waals surface area (Å²) in [5, 5.41) is 6.91. The van der Waals surface area contributed by atoms with Gasteiger partial charge in [0, 0.05) is 25.8 Å². The van der Waals surface area contributed by atoms with Crippen molar-refractivity contribution in [3.8, 4) is 5.75 Å². The lowest BCUT2D eigenvalue weighted by Crippen LogP contribution is -2.38. The Bertz CT molecular complexity index is 804. The van der Waals surface area contributed by atoms with Crippen LogP contribution < -0.4 is 10.1 Å². The summed E-state index contributed by atoms with van der Waals surface area (Å²) < 4.78 is 50.2. The lowest BCUT2D eigenvalue weighted by atomic mass is 10.2. The van der Waals surface area contributed by atoms with Crippen LogP contribution in [0.5, 0.6) is 5.75 Å². The number of rotatable bonds is 8. The summed E-state index contributed by atoms with van der Waals surface area (Å²) in [5.74, 6) is -0.228. The van der Waals surface area contributed by atoms with Gasteiger partial charge in [-0.1, -0.05) is 6.07 Å². The number of hydrogen-bond donors (Lipinski definition) is 1. The highest BCUT2D eigenvalue weighted by molar-refractivity contribution is 5.92. The molecule has 1 saturated heterocycles. The maximum atomic E-state index is 12.7. The number of nitrogens with one attached hydrogen (secondary N) is 1. The molecule has 0 atom stereocenters. The molecule has 0 unspecified atom stereocenters. The van der Waals surface area contributed by atoms with E-state index in [1.807, 2.05) is 0 Å². The smallest absolute Gasteiger partial charge is 0.416 e. The van der Waals surface area contributed by atoms with E-state index in [9.17, 15) is 18.0 Å². The maximum absolute atomic E-state index is 12.7. The Morgan fingerprint density at radius 1 is 1.24 bits per heavy atom. The molecule has 2 aromatic rings. The molecule has 0 radical (unpaired) electrons. The van der Waals surface area contributed by atoms with Crippen molar-refractivity contribution in [2.24, 2.45) is 0 Å². The first kappa shape index (κ1) is 21.1. The van der Waals surface area contributed by atoms with E-state index in [2.05, 4.69) is 15.3 Å². The standard InChI is InChI=1S/C19H23F3N4O3/c20-19(21,22)15-3-1-4-16(13-15)29-14-26-8-5-17(24-26)18(27)23-6-2-7-25-9-11-28-12-10-25/h1,3-5,8,13H,2,6-7,9-12,14H2,(H,23,27). The van der Waals surface area contributed by atoms with Crippen molar-refractivity contribution >= 4 is 5.91 Å². The van der Waals surface area contributed by atoms with Crippen molar-refractivity contribution in [1.82, 2.24) is 20.0 Å². The normalized spacial score (nSPS) is 15.3. The zero-order chi connectivity index (χ0) is 20.7. The molecular weight excluding hydrogens is 389 g/mol. The quantitative estimate of drug-likeness (QED) is 0.675. The zero-order valence-electron chi connectivity index (χ0n) is 15.8. The maximum Gasteiger partial charge on any atom is 0.416 e. The third-order valence-electron chi connectivity index (χ3n) is 4.44. The van der Waals surface area contributed by atoms with Crippen molar-refractivity contribution in [2.45, 2.75) is 19.3 Å². The second kappa shape index (κ2) is 9.75. The lowest BCUT2D eigenvalue weighted by Gasteiger charge is -2.26. The first-order valence-corrected chi connectivity index (χ1v) is 9.33. The lowest BCUT2D eigenvalue weighted by molar-refractivity contribution is -0.137. The fourth-order valence-electron chi connectivity index (χ4n) is 2.88. The number of carbonyl (C=O) groups is 1. The summed E-state index contributed by atoms with van der Waals surface area (Å²) in [4.78, 5) is 14.4. The summed E-state index contributed by atoms with van der Waals surface area (Å²) in [6.07, 6.45) is -2.07. The number of carbonyl (C=O) groups excluding carboxylic acids is 1. The number of alkyl halides is 3. The third kappa shape index (κ3) is 6.47. The highest BCUT2D eigenvalue weighted by atomic mass is 19.4. The first-order chi connectivity index (χ1) is 13.9. The van der Waals surface area contributed by atoms with E-state index >= 15 is 0 Å². The Balaban J connectivity index is 1.42. The van der Waals surface area contributed by atoms with Crippen LogP contribution in [0.15, 0.2) is 36.5 Å². The SMILES string of the molecule is O=C(NCCCN1CCOCC1)c1ccn(COc2cccc(C(F)(F)F)c2)n1. The minimum atomic E-state index is -4.43. The van der Waals surface area contributed by atoms with Gasteiger partial charge in [0.2, 0.25) is 0 Å². The minimum absolute atomic E-state index is 0.0736. The highest BCUT2D eigenvalue weighted by Gasteiger charge is 2.30. The number of benzene rings is 1. The molecule has 1 fully saturated rings. The number of nitrogens with zero attached hydrogens (tertiary/aromatic N) is 3. The molecular formula is C19H23F3N4O3. The molecule has 1 aromatic heterocycles. The molecule has 1 aromatic carbocycles. The number of ether oxygens (including phenoxy) is 2. The second-order valence-electron chi connectivity index (χ2n) is 6.60. The molecule has 2 heterocycles. The van der Waals surface area contributed by atoms with E-state index in [1.54, 1.807) is 0 Å². The predicted molar refractivity (Wildman–Crippen MR) is 98.5 cm³/mol. The largest absolute Gasteiger partial charge is 0.471 e. The zero-order valence-corrected chi connectivity index (χ0v) is 15.8. The van der Waals surface area contributed by atoms with Crippen LogP contribution in [0.2, 0.25) is 0 Å². The van der Waals surface area contributed by atoms with E-state index in [0.29, 0.717) is 6.54 Å². The van der Waals surface area contributed by atoms with Crippen LogP contribution in [0.1, 0.15) is 22.5 Å². The van der Waals surface area contributed by atoms with Crippen LogP contribution in [0.3, 0.4) is 0 Å². The van der Waals surface area contributed by atoms with Gasteiger partial charge in [0.05, 0.1) is 18.8 Å². The summed E-state index contributed by atoms with van der Waals surface area (Å²) in [7, 11) is 0. The van der Waals surface area contributed by atoms with Crippen molar-refractivity contribution in [1.29, 1.82) is 0 Å². The first-order valence-electron chi connectivity index (χ1n) is 9.33. The van der Waals surface area contributed by atoms with Crippen LogP contribution >= 0.6 is 0 Å². The number of hydrogen-bond acceptors (Lipinski definition) is 5. The van der Waals surface area contributed by atoms with Gasteiger partial charge >= 0.3 is 6.18 Å². The molecule has 1 amide bonds. The van der Waals surface area contributed by atoms with E-state index in [1.165, 1.54) is 29.1 Å². The van der Waals surface area contributed by atoms with Crippen LogP contribution in [-0.2, 0) is 17.6 Å². The highest BCUT2D eigenvalue weighted by Crippen LogP contribution is 2.31.